The van der Waals surface area contributed by atoms with Crippen molar-refractivity contribution in [1.29, 1.82) is 0 Å². The monoisotopic (exact) mass is 305 g/mol. The van der Waals surface area contributed by atoms with E-state index in [-0.39, 0.29) is 0 Å². The number of nitrogens with one attached hydrogen (secondary N) is 1. The summed E-state index contributed by atoms with van der Waals surface area (Å²) in [4.78, 5) is 10.5. The molecular formula is C15H17F2N5. The van der Waals surface area contributed by atoms with Crippen molar-refractivity contribution in [2.75, 3.05) is 29.0 Å². The van der Waals surface area contributed by atoms with Gasteiger partial charge in [-0.05, 0) is 31.4 Å². The lowest BCUT2D eigenvalue weighted by atomic mass is 10.1. The van der Waals surface area contributed by atoms with Crippen LogP contribution < -0.4 is 16.0 Å². The number of hydrogen-bond donors (Lipinski definition) is 2. The van der Waals surface area contributed by atoms with Crippen molar-refractivity contribution in [3.05, 3.63) is 36.2 Å². The van der Waals surface area contributed by atoms with Crippen LogP contribution in [0.2, 0.25) is 0 Å². The highest BCUT2D eigenvalue weighted by Gasteiger charge is 2.17. The first-order chi connectivity index (χ1) is 10.6. The Balaban J connectivity index is 1.86. The number of nitrogens with zero attached hydrogens (tertiary/aromatic N) is 3. The maximum atomic E-state index is 13.3. The number of nitrogen functional groups attached to an aromatic ring is 1. The minimum absolute atomic E-state index is 0.383. The summed E-state index contributed by atoms with van der Waals surface area (Å²) >= 11 is 0. The van der Waals surface area contributed by atoms with Crippen LogP contribution in [0.5, 0.6) is 0 Å². The fourth-order valence-electron chi connectivity index (χ4n) is 2.55. The van der Waals surface area contributed by atoms with Crippen LogP contribution in [-0.2, 0) is 0 Å². The molecule has 22 heavy (non-hydrogen) atoms. The van der Waals surface area contributed by atoms with Gasteiger partial charge in [-0.15, -0.1) is 0 Å². The van der Waals surface area contributed by atoms with Crippen molar-refractivity contribution in [1.82, 2.24) is 9.97 Å². The van der Waals surface area contributed by atoms with Crippen LogP contribution in [0.1, 0.15) is 19.3 Å². The molecule has 0 atom stereocenters. The van der Waals surface area contributed by atoms with Crippen LogP contribution in [0.4, 0.5) is 31.8 Å². The number of halogens is 2. The largest absolute Gasteiger partial charge is 0.393 e. The highest BCUT2D eigenvalue weighted by atomic mass is 19.2. The molecular weight excluding hydrogens is 288 g/mol. The van der Waals surface area contributed by atoms with E-state index in [1.807, 2.05) is 0 Å². The van der Waals surface area contributed by atoms with E-state index < -0.39 is 11.6 Å². The molecule has 2 heterocycles. The molecule has 0 bridgehead atoms. The highest BCUT2D eigenvalue weighted by molar-refractivity contribution is 5.78. The number of anilines is 4. The average molecular weight is 305 g/mol. The maximum absolute atomic E-state index is 13.3. The zero-order valence-electron chi connectivity index (χ0n) is 12.0. The Kier molecular flexibility index (Phi) is 4.04. The topological polar surface area (TPSA) is 67.1 Å². The minimum Gasteiger partial charge on any atom is -0.393 e. The summed E-state index contributed by atoms with van der Waals surface area (Å²) in [5.41, 5.74) is 6.93. The van der Waals surface area contributed by atoms with Crippen molar-refractivity contribution in [3.63, 3.8) is 0 Å². The second-order valence-electron chi connectivity index (χ2n) is 5.26. The SMILES string of the molecule is Nc1c(Nc2ccc(F)c(F)c2)ncnc1N1CCCCC1. The zero-order chi connectivity index (χ0) is 15.5. The normalized spacial score (nSPS) is 14.9. The van der Waals surface area contributed by atoms with Gasteiger partial charge < -0.3 is 16.0 Å². The summed E-state index contributed by atoms with van der Waals surface area (Å²) in [7, 11) is 0. The van der Waals surface area contributed by atoms with Gasteiger partial charge in [0.15, 0.2) is 23.3 Å². The molecule has 1 aromatic heterocycles. The summed E-state index contributed by atoms with van der Waals surface area (Å²) in [6.07, 6.45) is 4.84. The van der Waals surface area contributed by atoms with Gasteiger partial charge in [0.2, 0.25) is 0 Å². The fraction of sp³-hybridized carbons (Fsp3) is 0.333. The molecule has 1 aliphatic heterocycles. The third-order valence-electron chi connectivity index (χ3n) is 3.70. The molecule has 0 amide bonds. The Morgan fingerprint density at radius 1 is 1.05 bits per heavy atom. The van der Waals surface area contributed by atoms with Crippen molar-refractivity contribution >= 4 is 23.0 Å². The Hall–Kier alpha value is -2.44. The second-order valence-corrected chi connectivity index (χ2v) is 5.26. The maximum Gasteiger partial charge on any atom is 0.160 e. The van der Waals surface area contributed by atoms with Crippen LogP contribution in [0.15, 0.2) is 24.5 Å². The van der Waals surface area contributed by atoms with Gasteiger partial charge in [-0.2, -0.15) is 0 Å². The van der Waals surface area contributed by atoms with Gasteiger partial charge in [-0.25, -0.2) is 18.7 Å². The fourth-order valence-corrected chi connectivity index (χ4v) is 2.55. The molecule has 1 saturated heterocycles. The summed E-state index contributed by atoms with van der Waals surface area (Å²) in [6.45, 7) is 1.82. The van der Waals surface area contributed by atoms with E-state index in [9.17, 15) is 8.78 Å². The van der Waals surface area contributed by atoms with Gasteiger partial charge in [0.05, 0.1) is 0 Å². The third kappa shape index (κ3) is 2.93. The molecule has 0 radical (unpaired) electrons. The number of nitrogens with two attached hydrogens (primary N) is 1. The highest BCUT2D eigenvalue weighted by Crippen LogP contribution is 2.30. The number of benzene rings is 1. The Morgan fingerprint density at radius 2 is 1.82 bits per heavy atom. The van der Waals surface area contributed by atoms with Crippen LogP contribution in [0.3, 0.4) is 0 Å². The first kappa shape index (κ1) is 14.5. The minimum atomic E-state index is -0.922. The molecule has 1 aromatic carbocycles. The summed E-state index contributed by atoms with van der Waals surface area (Å²) < 4.78 is 26.2. The number of hydrogen-bond acceptors (Lipinski definition) is 5. The zero-order valence-corrected chi connectivity index (χ0v) is 12.0. The van der Waals surface area contributed by atoms with Crippen molar-refractivity contribution < 1.29 is 8.78 Å². The standard InChI is InChI=1S/C15H17F2N5/c16-11-5-4-10(8-12(11)17)21-14-13(18)15(20-9-19-14)22-6-2-1-3-7-22/h4-5,8-9H,1-3,6-7,18H2,(H,19,20,21). The molecule has 5 nitrogen and oxygen atoms in total. The Labute approximate surface area is 127 Å². The number of rotatable bonds is 3. The molecule has 7 heteroatoms. The van der Waals surface area contributed by atoms with Gasteiger partial charge in [0, 0.05) is 24.8 Å². The van der Waals surface area contributed by atoms with Gasteiger partial charge in [-0.3, -0.25) is 0 Å². The Morgan fingerprint density at radius 3 is 2.55 bits per heavy atom. The first-order valence-corrected chi connectivity index (χ1v) is 7.22. The smallest absolute Gasteiger partial charge is 0.160 e. The lowest BCUT2D eigenvalue weighted by Crippen LogP contribution is -2.31. The van der Waals surface area contributed by atoms with Gasteiger partial charge >= 0.3 is 0 Å². The van der Waals surface area contributed by atoms with E-state index in [1.165, 1.54) is 18.8 Å². The third-order valence-corrected chi connectivity index (χ3v) is 3.70. The lowest BCUT2D eigenvalue weighted by Gasteiger charge is -2.28. The molecule has 1 fully saturated rings. The van der Waals surface area contributed by atoms with E-state index in [1.54, 1.807) is 0 Å². The summed E-state index contributed by atoms with van der Waals surface area (Å²) in [5.74, 6) is -0.745. The van der Waals surface area contributed by atoms with Gasteiger partial charge in [0.1, 0.15) is 12.0 Å². The molecule has 3 N–H and O–H groups in total. The van der Waals surface area contributed by atoms with Crippen LogP contribution in [0.25, 0.3) is 0 Å². The van der Waals surface area contributed by atoms with Gasteiger partial charge in [-0.1, -0.05) is 0 Å². The quantitative estimate of drug-likeness (QED) is 0.912. The lowest BCUT2D eigenvalue weighted by molar-refractivity contribution is 0.509. The van der Waals surface area contributed by atoms with E-state index in [4.69, 9.17) is 5.73 Å². The summed E-state index contributed by atoms with van der Waals surface area (Å²) in [5, 5.41) is 2.91. The molecule has 2 aromatic rings. The molecule has 1 aliphatic rings. The van der Waals surface area contributed by atoms with Crippen molar-refractivity contribution in [3.8, 4) is 0 Å². The first-order valence-electron chi connectivity index (χ1n) is 7.22. The van der Waals surface area contributed by atoms with Crippen molar-refractivity contribution in [2.45, 2.75) is 19.3 Å². The molecule has 0 spiro atoms. The molecule has 0 aliphatic carbocycles. The Bertz CT molecular complexity index is 671. The van der Waals surface area contributed by atoms with E-state index in [0.29, 0.717) is 23.0 Å². The van der Waals surface area contributed by atoms with E-state index in [2.05, 4.69) is 20.2 Å². The second kappa shape index (κ2) is 6.13. The predicted octanol–water partition coefficient (Wildman–Crippen LogP) is 3.07. The average Bonchev–Trinajstić information content (AvgIpc) is 2.54. The van der Waals surface area contributed by atoms with Crippen LogP contribution in [0, 0.1) is 11.6 Å². The molecule has 0 saturated carbocycles. The summed E-state index contributed by atoms with van der Waals surface area (Å²) in [6, 6.07) is 3.55. The molecule has 116 valence electrons. The number of aromatic nitrogens is 2. The van der Waals surface area contributed by atoms with Crippen LogP contribution >= 0.6 is 0 Å². The predicted molar refractivity (Wildman–Crippen MR) is 82.1 cm³/mol. The van der Waals surface area contributed by atoms with E-state index in [0.717, 1.165) is 38.1 Å². The number of piperidine rings is 1. The van der Waals surface area contributed by atoms with E-state index >= 15 is 0 Å². The molecule has 3 rings (SSSR count). The molecule has 0 unspecified atom stereocenters. The van der Waals surface area contributed by atoms with Gasteiger partial charge in [0.25, 0.3) is 0 Å². The van der Waals surface area contributed by atoms with Crippen LogP contribution in [-0.4, -0.2) is 23.1 Å². The van der Waals surface area contributed by atoms with Crippen molar-refractivity contribution in [2.24, 2.45) is 0 Å².